The minimum atomic E-state index is -0.762. The molecule has 0 unspecified atom stereocenters. The van der Waals surface area contributed by atoms with Crippen molar-refractivity contribution in [1.82, 2.24) is 19.7 Å². The number of likely N-dealkylation sites (tertiary alicyclic amines) is 1. The van der Waals surface area contributed by atoms with Crippen molar-refractivity contribution in [1.29, 1.82) is 0 Å². The van der Waals surface area contributed by atoms with Crippen LogP contribution in [-0.4, -0.2) is 61.9 Å². The summed E-state index contributed by atoms with van der Waals surface area (Å²) in [6, 6.07) is 12.6. The van der Waals surface area contributed by atoms with Gasteiger partial charge in [-0.2, -0.15) is 0 Å². The van der Waals surface area contributed by atoms with Gasteiger partial charge in [-0.25, -0.2) is 4.79 Å². The molecule has 0 atom stereocenters. The van der Waals surface area contributed by atoms with Crippen molar-refractivity contribution in [2.75, 3.05) is 19.6 Å². The number of carbonyl (C=O) groups excluding carboxylic acids is 2. The quantitative estimate of drug-likeness (QED) is 0.723. The maximum absolute atomic E-state index is 13.6. The molecule has 0 bridgehead atoms. The molecule has 0 saturated carbocycles. The van der Waals surface area contributed by atoms with Crippen LogP contribution in [0.3, 0.4) is 0 Å². The lowest BCUT2D eigenvalue weighted by molar-refractivity contribution is -0.136. The Kier molecular flexibility index (Phi) is 5.96. The molecule has 1 aromatic carbocycles. The second-order valence-electron chi connectivity index (χ2n) is 8.97. The van der Waals surface area contributed by atoms with E-state index in [1.54, 1.807) is 18.3 Å². The first-order chi connectivity index (χ1) is 14.9. The molecule has 3 heterocycles. The lowest BCUT2D eigenvalue weighted by atomic mass is 9.85. The van der Waals surface area contributed by atoms with Gasteiger partial charge in [-0.15, -0.1) is 0 Å². The van der Waals surface area contributed by atoms with E-state index in [0.29, 0.717) is 19.4 Å². The van der Waals surface area contributed by atoms with Gasteiger partial charge in [0.25, 0.3) is 5.91 Å². The van der Waals surface area contributed by atoms with E-state index < -0.39 is 5.54 Å². The third-order valence-electron chi connectivity index (χ3n) is 6.24. The number of phenolic OH excluding ortho intramolecular Hbond substituents is 1. The zero-order valence-electron chi connectivity index (χ0n) is 18.2. The molecule has 31 heavy (non-hydrogen) atoms. The Morgan fingerprint density at radius 1 is 1.03 bits per heavy atom. The highest BCUT2D eigenvalue weighted by Crippen LogP contribution is 2.38. The van der Waals surface area contributed by atoms with Crippen LogP contribution in [0.4, 0.5) is 4.79 Å². The highest BCUT2D eigenvalue weighted by atomic mass is 16.3. The van der Waals surface area contributed by atoms with Gasteiger partial charge in [-0.1, -0.05) is 32.0 Å². The van der Waals surface area contributed by atoms with Gasteiger partial charge in [0.05, 0.1) is 12.2 Å². The van der Waals surface area contributed by atoms with Crippen LogP contribution < -0.4 is 0 Å². The molecule has 1 N–H and O–H groups in total. The Balaban J connectivity index is 1.51. The monoisotopic (exact) mass is 422 g/mol. The first-order valence-corrected chi connectivity index (χ1v) is 10.9. The maximum atomic E-state index is 13.6. The zero-order chi connectivity index (χ0) is 22.0. The summed E-state index contributed by atoms with van der Waals surface area (Å²) in [6.45, 7) is 7.19. The maximum Gasteiger partial charge on any atom is 0.328 e. The van der Waals surface area contributed by atoms with Crippen molar-refractivity contribution < 1.29 is 14.7 Å². The van der Waals surface area contributed by atoms with Crippen LogP contribution in [0.25, 0.3) is 0 Å². The molecule has 2 saturated heterocycles. The number of aromatic hydroxyl groups is 1. The van der Waals surface area contributed by atoms with E-state index in [4.69, 9.17) is 0 Å². The molecule has 2 fully saturated rings. The molecular weight excluding hydrogens is 392 g/mol. The van der Waals surface area contributed by atoms with E-state index in [9.17, 15) is 14.7 Å². The number of benzene rings is 1. The fourth-order valence-corrected chi connectivity index (χ4v) is 4.62. The number of pyridine rings is 1. The molecule has 1 spiro atoms. The van der Waals surface area contributed by atoms with E-state index in [1.807, 2.05) is 35.2 Å². The molecule has 2 aromatic rings. The van der Waals surface area contributed by atoms with Crippen molar-refractivity contribution in [2.45, 2.75) is 45.3 Å². The summed E-state index contributed by atoms with van der Waals surface area (Å²) in [5.74, 6) is 0.445. The van der Waals surface area contributed by atoms with E-state index >= 15 is 0 Å². The number of carbonyl (C=O) groups is 2. The van der Waals surface area contributed by atoms with E-state index in [-0.39, 0.29) is 30.2 Å². The van der Waals surface area contributed by atoms with Gasteiger partial charge in [-0.05, 0) is 48.6 Å². The second kappa shape index (κ2) is 8.67. The predicted octanol–water partition coefficient (Wildman–Crippen LogP) is 3.24. The van der Waals surface area contributed by atoms with Crippen molar-refractivity contribution in [3.05, 3.63) is 59.9 Å². The lowest BCUT2D eigenvalue weighted by Gasteiger charge is -2.42. The summed E-state index contributed by atoms with van der Waals surface area (Å²) in [6.07, 6.45) is 2.94. The first-order valence-electron chi connectivity index (χ1n) is 10.9. The Morgan fingerprint density at radius 2 is 1.74 bits per heavy atom. The van der Waals surface area contributed by atoms with Crippen LogP contribution >= 0.6 is 0 Å². The van der Waals surface area contributed by atoms with Crippen LogP contribution in [0.2, 0.25) is 0 Å². The van der Waals surface area contributed by atoms with E-state index in [0.717, 1.165) is 30.9 Å². The summed E-state index contributed by atoms with van der Waals surface area (Å²) in [4.78, 5) is 36.7. The Labute approximate surface area is 183 Å². The van der Waals surface area contributed by atoms with Crippen LogP contribution in [0.15, 0.2) is 48.7 Å². The number of urea groups is 1. The minimum Gasteiger partial charge on any atom is -0.508 e. The number of imide groups is 1. The van der Waals surface area contributed by atoms with E-state index in [2.05, 4.69) is 23.7 Å². The first kappa shape index (κ1) is 21.3. The minimum absolute atomic E-state index is 0.0897. The van der Waals surface area contributed by atoms with Gasteiger partial charge in [-0.3, -0.25) is 19.6 Å². The Morgan fingerprint density at radius 3 is 2.35 bits per heavy atom. The summed E-state index contributed by atoms with van der Waals surface area (Å²) in [5, 5.41) is 9.49. The van der Waals surface area contributed by atoms with Crippen LogP contribution in [0.1, 0.15) is 37.9 Å². The molecule has 2 aliphatic rings. The third kappa shape index (κ3) is 4.28. The molecule has 0 radical (unpaired) electrons. The number of phenols is 1. The normalized spacial score (nSPS) is 19.1. The fourth-order valence-electron chi connectivity index (χ4n) is 4.62. The average molecular weight is 423 g/mol. The highest BCUT2D eigenvalue weighted by molar-refractivity contribution is 6.07. The zero-order valence-corrected chi connectivity index (χ0v) is 18.2. The predicted molar refractivity (Wildman–Crippen MR) is 117 cm³/mol. The van der Waals surface area contributed by atoms with Gasteiger partial charge in [0.15, 0.2) is 0 Å². The topological polar surface area (TPSA) is 77.0 Å². The molecule has 3 amide bonds. The molecule has 7 nitrogen and oxygen atoms in total. The van der Waals surface area contributed by atoms with Crippen LogP contribution in [-0.2, 0) is 17.9 Å². The number of hydrogen-bond acceptors (Lipinski definition) is 5. The van der Waals surface area contributed by atoms with Gasteiger partial charge >= 0.3 is 6.03 Å². The molecule has 0 aliphatic carbocycles. The Hall–Kier alpha value is -2.93. The number of rotatable bonds is 6. The highest BCUT2D eigenvalue weighted by Gasteiger charge is 2.57. The molecular formula is C24H30N4O3. The lowest BCUT2D eigenvalue weighted by Crippen LogP contribution is -2.57. The average Bonchev–Trinajstić information content (AvgIpc) is 2.94. The van der Waals surface area contributed by atoms with Crippen LogP contribution in [0, 0.1) is 5.92 Å². The molecule has 164 valence electrons. The van der Waals surface area contributed by atoms with Gasteiger partial charge in [0.1, 0.15) is 11.3 Å². The van der Waals surface area contributed by atoms with Crippen LogP contribution in [0.5, 0.6) is 5.75 Å². The number of hydrogen-bond donors (Lipinski definition) is 1. The van der Waals surface area contributed by atoms with Gasteiger partial charge in [0, 0.05) is 32.4 Å². The molecule has 4 rings (SSSR count). The van der Waals surface area contributed by atoms with Crippen molar-refractivity contribution in [3.63, 3.8) is 0 Å². The van der Waals surface area contributed by atoms with E-state index in [1.165, 1.54) is 4.90 Å². The van der Waals surface area contributed by atoms with Gasteiger partial charge < -0.3 is 10.0 Å². The van der Waals surface area contributed by atoms with Crippen molar-refractivity contribution in [3.8, 4) is 5.75 Å². The molecule has 7 heteroatoms. The fraction of sp³-hybridized carbons (Fsp3) is 0.458. The third-order valence-corrected chi connectivity index (χ3v) is 6.24. The smallest absolute Gasteiger partial charge is 0.328 e. The standard InChI is InChI=1S/C24H30N4O3/c1-18(2)15-28-23(31)27(17-20-5-3-4-12-25-20)22(30)24(28)10-13-26(14-11-24)16-19-6-8-21(29)9-7-19/h3-9,12,18,29H,10-11,13-17H2,1-2H3. The molecule has 1 aromatic heterocycles. The van der Waals surface area contributed by atoms with Crippen molar-refractivity contribution >= 4 is 11.9 Å². The number of nitrogens with zero attached hydrogens (tertiary/aromatic N) is 4. The molecule has 2 aliphatic heterocycles. The number of aromatic nitrogens is 1. The summed E-state index contributed by atoms with van der Waals surface area (Å²) >= 11 is 0. The largest absolute Gasteiger partial charge is 0.508 e. The number of amides is 3. The number of piperidine rings is 1. The summed E-state index contributed by atoms with van der Waals surface area (Å²) < 4.78 is 0. The Bertz CT molecular complexity index is 922. The van der Waals surface area contributed by atoms with Crippen molar-refractivity contribution in [2.24, 2.45) is 5.92 Å². The summed E-state index contributed by atoms with van der Waals surface area (Å²) in [5.41, 5.74) is 1.08. The summed E-state index contributed by atoms with van der Waals surface area (Å²) in [7, 11) is 0. The second-order valence-corrected chi connectivity index (χ2v) is 8.97. The van der Waals surface area contributed by atoms with Gasteiger partial charge in [0.2, 0.25) is 0 Å². The SMILES string of the molecule is CC(C)CN1C(=O)N(Cc2ccccn2)C(=O)C12CCN(Cc1ccc(O)cc1)CC2.